The average Bonchev–Trinajstić information content (AvgIpc) is 3.13. The molecule has 1 amide bonds. The summed E-state index contributed by atoms with van der Waals surface area (Å²) in [5.74, 6) is 0.165. The fraction of sp³-hybridized carbons (Fsp3) is 0.400. The van der Waals surface area contributed by atoms with Crippen LogP contribution in [0.4, 0.5) is 5.69 Å². The fourth-order valence-electron chi connectivity index (χ4n) is 4.19. The Morgan fingerprint density at radius 2 is 1.68 bits per heavy atom. The molecule has 31 heavy (non-hydrogen) atoms. The van der Waals surface area contributed by atoms with Gasteiger partial charge in [0.15, 0.2) is 0 Å². The van der Waals surface area contributed by atoms with Crippen LogP contribution in [0.25, 0.3) is 5.70 Å². The molecule has 3 nitrogen and oxygen atoms in total. The van der Waals surface area contributed by atoms with Crippen LogP contribution in [0.3, 0.4) is 0 Å². The molecule has 0 atom stereocenters. The maximum absolute atomic E-state index is 13.8. The summed E-state index contributed by atoms with van der Waals surface area (Å²) < 4.78 is 1.02. The van der Waals surface area contributed by atoms with Gasteiger partial charge < -0.3 is 0 Å². The van der Waals surface area contributed by atoms with Gasteiger partial charge in [-0.1, -0.05) is 84.9 Å². The Bertz CT molecular complexity index is 952. The van der Waals surface area contributed by atoms with Gasteiger partial charge in [0.05, 0.1) is 23.0 Å². The van der Waals surface area contributed by atoms with Crippen molar-refractivity contribution in [2.75, 3.05) is 11.6 Å². The Labute approximate surface area is 204 Å². The van der Waals surface area contributed by atoms with Gasteiger partial charge in [0.2, 0.25) is 5.91 Å². The summed E-state index contributed by atoms with van der Waals surface area (Å²) in [6.45, 7) is 6.98. The van der Waals surface area contributed by atoms with Crippen LogP contribution in [0.1, 0.15) is 58.4 Å². The summed E-state index contributed by atoms with van der Waals surface area (Å²) in [5.41, 5.74) is 4.07. The van der Waals surface area contributed by atoms with E-state index in [4.69, 9.17) is 23.2 Å². The SMILES string of the molecule is CCCC(CCC)C(=O)N1CC(CC)=C(c2ccc(Br)cc2)N1c1ccc(Cl)cc1Cl. The van der Waals surface area contributed by atoms with Gasteiger partial charge in [-0.25, -0.2) is 10.0 Å². The lowest BCUT2D eigenvalue weighted by atomic mass is 9.97. The first-order valence-corrected chi connectivity index (χ1v) is 12.5. The van der Waals surface area contributed by atoms with Crippen LogP contribution in [0.5, 0.6) is 0 Å². The second-order valence-electron chi connectivity index (χ2n) is 7.89. The molecule has 166 valence electrons. The van der Waals surface area contributed by atoms with Crippen molar-refractivity contribution in [2.45, 2.75) is 52.9 Å². The normalized spacial score (nSPS) is 14.2. The molecule has 0 unspecified atom stereocenters. The van der Waals surface area contributed by atoms with Crippen LogP contribution in [0.2, 0.25) is 10.0 Å². The molecule has 3 rings (SSSR count). The molecular formula is C25H29BrCl2N2O. The molecule has 0 spiro atoms. The van der Waals surface area contributed by atoms with Crippen molar-refractivity contribution in [3.63, 3.8) is 0 Å². The lowest BCUT2D eigenvalue weighted by molar-refractivity contribution is -0.135. The predicted octanol–water partition coefficient (Wildman–Crippen LogP) is 8.36. The monoisotopic (exact) mass is 522 g/mol. The standard InChI is InChI=1S/C25H29BrCl2N2O/c1-4-7-19(8-5-2)25(31)29-16-17(6-3)24(18-9-11-20(26)12-10-18)30(29)23-14-13-21(27)15-22(23)28/h9-15,19H,4-8,16H2,1-3H3. The third-order valence-corrected chi connectivity index (χ3v) is 6.76. The fourth-order valence-corrected chi connectivity index (χ4v) is 4.94. The van der Waals surface area contributed by atoms with Crippen molar-refractivity contribution < 1.29 is 4.79 Å². The van der Waals surface area contributed by atoms with Crippen molar-refractivity contribution in [2.24, 2.45) is 5.92 Å². The molecule has 0 N–H and O–H groups in total. The van der Waals surface area contributed by atoms with Gasteiger partial charge in [-0.05, 0) is 55.2 Å². The molecule has 6 heteroatoms. The van der Waals surface area contributed by atoms with Crippen molar-refractivity contribution in [3.05, 3.63) is 68.1 Å². The van der Waals surface area contributed by atoms with E-state index in [1.54, 1.807) is 6.07 Å². The molecule has 2 aromatic rings. The summed E-state index contributed by atoms with van der Waals surface area (Å²) >= 11 is 16.4. The van der Waals surface area contributed by atoms with E-state index in [0.29, 0.717) is 16.6 Å². The third-order valence-electron chi connectivity index (χ3n) is 5.69. The first-order valence-electron chi connectivity index (χ1n) is 11.0. The zero-order valence-electron chi connectivity index (χ0n) is 18.3. The molecule has 0 bridgehead atoms. The predicted molar refractivity (Wildman–Crippen MR) is 135 cm³/mol. The van der Waals surface area contributed by atoms with Gasteiger partial charge in [-0.3, -0.25) is 4.79 Å². The maximum Gasteiger partial charge on any atom is 0.244 e. The molecule has 0 radical (unpaired) electrons. The number of benzene rings is 2. The summed E-state index contributed by atoms with van der Waals surface area (Å²) in [6.07, 6.45) is 4.60. The lowest BCUT2D eigenvalue weighted by Crippen LogP contribution is -2.45. The second kappa shape index (κ2) is 10.9. The second-order valence-corrected chi connectivity index (χ2v) is 9.65. The Hall–Kier alpha value is -1.49. The zero-order chi connectivity index (χ0) is 22.5. The molecule has 0 fully saturated rings. The van der Waals surface area contributed by atoms with E-state index in [9.17, 15) is 4.79 Å². The molecule has 2 aromatic carbocycles. The number of carbonyl (C=O) groups excluding carboxylic acids is 1. The van der Waals surface area contributed by atoms with Gasteiger partial charge in [0.25, 0.3) is 0 Å². The van der Waals surface area contributed by atoms with Crippen molar-refractivity contribution in [1.29, 1.82) is 0 Å². The van der Waals surface area contributed by atoms with Crippen LogP contribution in [-0.2, 0) is 4.79 Å². The van der Waals surface area contributed by atoms with Gasteiger partial charge in [0, 0.05) is 21.0 Å². The summed E-state index contributed by atoms with van der Waals surface area (Å²) in [5, 5.41) is 5.01. The van der Waals surface area contributed by atoms with Crippen molar-refractivity contribution >= 4 is 56.4 Å². The number of nitrogens with zero attached hydrogens (tertiary/aromatic N) is 2. The number of amides is 1. The number of anilines is 1. The van der Waals surface area contributed by atoms with Crippen LogP contribution in [0.15, 0.2) is 52.5 Å². The lowest BCUT2D eigenvalue weighted by Gasteiger charge is -2.35. The summed E-state index contributed by atoms with van der Waals surface area (Å²) in [7, 11) is 0. The molecule has 0 saturated carbocycles. The van der Waals surface area contributed by atoms with E-state index in [0.717, 1.165) is 53.5 Å². The van der Waals surface area contributed by atoms with Gasteiger partial charge in [0.1, 0.15) is 0 Å². The number of rotatable bonds is 8. The maximum atomic E-state index is 13.8. The number of carbonyl (C=O) groups is 1. The topological polar surface area (TPSA) is 23.6 Å². The minimum Gasteiger partial charge on any atom is -0.273 e. The van der Waals surface area contributed by atoms with Gasteiger partial charge in [-0.2, -0.15) is 0 Å². The van der Waals surface area contributed by atoms with Gasteiger partial charge >= 0.3 is 0 Å². The minimum atomic E-state index is 0.00551. The first-order chi connectivity index (χ1) is 14.9. The highest BCUT2D eigenvalue weighted by molar-refractivity contribution is 9.10. The largest absolute Gasteiger partial charge is 0.273 e. The smallest absolute Gasteiger partial charge is 0.244 e. The van der Waals surface area contributed by atoms with E-state index in [1.165, 1.54) is 5.57 Å². The molecule has 1 aliphatic rings. The molecule has 0 aliphatic carbocycles. The van der Waals surface area contributed by atoms with E-state index in [2.05, 4.69) is 48.8 Å². The van der Waals surface area contributed by atoms with E-state index < -0.39 is 0 Å². The minimum absolute atomic E-state index is 0.00551. The Kier molecular flexibility index (Phi) is 8.49. The number of hydrogen-bond acceptors (Lipinski definition) is 2. The van der Waals surface area contributed by atoms with Crippen molar-refractivity contribution in [1.82, 2.24) is 5.01 Å². The van der Waals surface area contributed by atoms with Crippen LogP contribution < -0.4 is 5.01 Å². The van der Waals surface area contributed by atoms with Crippen LogP contribution in [-0.4, -0.2) is 17.5 Å². The zero-order valence-corrected chi connectivity index (χ0v) is 21.4. The quantitative estimate of drug-likeness (QED) is 0.347. The number of hydrogen-bond donors (Lipinski definition) is 0. The van der Waals surface area contributed by atoms with E-state index in [1.807, 2.05) is 34.3 Å². The van der Waals surface area contributed by atoms with E-state index in [-0.39, 0.29) is 11.8 Å². The summed E-state index contributed by atoms with van der Waals surface area (Å²) in [4.78, 5) is 13.8. The van der Waals surface area contributed by atoms with Crippen LogP contribution in [0, 0.1) is 5.92 Å². The number of halogens is 3. The van der Waals surface area contributed by atoms with Crippen LogP contribution >= 0.6 is 39.1 Å². The van der Waals surface area contributed by atoms with E-state index >= 15 is 0 Å². The molecular weight excluding hydrogens is 495 g/mol. The first kappa shape index (κ1) is 24.2. The van der Waals surface area contributed by atoms with Gasteiger partial charge in [-0.15, -0.1) is 0 Å². The Balaban J connectivity index is 2.13. The highest BCUT2D eigenvalue weighted by Gasteiger charge is 2.37. The Morgan fingerprint density at radius 3 is 2.23 bits per heavy atom. The van der Waals surface area contributed by atoms with Crippen molar-refractivity contribution in [3.8, 4) is 0 Å². The average molecular weight is 524 g/mol. The molecule has 0 aromatic heterocycles. The Morgan fingerprint density at radius 1 is 1.03 bits per heavy atom. The highest BCUT2D eigenvalue weighted by atomic mass is 79.9. The third kappa shape index (κ3) is 5.30. The molecule has 1 heterocycles. The number of hydrazine groups is 1. The molecule has 1 aliphatic heterocycles. The molecule has 0 saturated heterocycles. The highest BCUT2D eigenvalue weighted by Crippen LogP contribution is 2.42. The summed E-state index contributed by atoms with van der Waals surface area (Å²) in [6, 6.07) is 13.7.